The second-order valence-corrected chi connectivity index (χ2v) is 18.3. The standard InChI is InChI=1S/C61H36N4S/c62-37-38-14-12-15-39(32-38)40-16-13-17-41(33-40)44-29-28-43(34-56(44)65-53-25-9-5-21-46(53)50-35-51-47-22-7-11-27-58(47)66-59(51)36-57(50)65)63-54-26-10-6-23-49(54)60-55(63)31-30-48-45-20-4-8-24-52(45)64(61(48)60)42-18-2-1-3-19-42/h1-36H. The van der Waals surface area contributed by atoms with Crippen molar-refractivity contribution in [3.05, 3.63) is 224 Å². The van der Waals surface area contributed by atoms with E-state index in [1.54, 1.807) is 0 Å². The van der Waals surface area contributed by atoms with E-state index in [9.17, 15) is 5.26 Å². The van der Waals surface area contributed by atoms with Gasteiger partial charge in [-0.2, -0.15) is 5.26 Å². The van der Waals surface area contributed by atoms with Gasteiger partial charge >= 0.3 is 0 Å². The maximum absolute atomic E-state index is 9.80. The van der Waals surface area contributed by atoms with Crippen LogP contribution in [0, 0.1) is 11.3 Å². The number of nitriles is 1. The number of thiophene rings is 1. The fourth-order valence-electron chi connectivity index (χ4n) is 10.8. The van der Waals surface area contributed by atoms with Crippen molar-refractivity contribution in [2.45, 2.75) is 0 Å². The zero-order chi connectivity index (χ0) is 43.5. The molecule has 0 N–H and O–H groups in total. The number of rotatable bonds is 5. The van der Waals surface area contributed by atoms with Gasteiger partial charge < -0.3 is 13.7 Å². The van der Waals surface area contributed by atoms with Crippen LogP contribution >= 0.6 is 11.3 Å². The van der Waals surface area contributed by atoms with E-state index in [-0.39, 0.29) is 0 Å². The number of nitrogens with zero attached hydrogens (tertiary/aromatic N) is 4. The van der Waals surface area contributed by atoms with E-state index in [1.807, 2.05) is 29.5 Å². The van der Waals surface area contributed by atoms with Crippen LogP contribution in [0.15, 0.2) is 218 Å². The molecule has 0 bridgehead atoms. The lowest BCUT2D eigenvalue weighted by atomic mass is 9.96. The Balaban J connectivity index is 1.09. The van der Waals surface area contributed by atoms with E-state index >= 15 is 0 Å². The first kappa shape index (κ1) is 36.8. The summed E-state index contributed by atoms with van der Waals surface area (Å²) < 4.78 is 9.97. The molecule has 4 nitrogen and oxygen atoms in total. The van der Waals surface area contributed by atoms with Gasteiger partial charge in [-0.1, -0.05) is 133 Å². The molecule has 4 heterocycles. The lowest BCUT2D eigenvalue weighted by Crippen LogP contribution is -2.01. The van der Waals surface area contributed by atoms with Crippen LogP contribution in [0.25, 0.3) is 125 Å². The molecule has 0 unspecified atom stereocenters. The Morgan fingerprint density at radius 3 is 1.80 bits per heavy atom. The minimum atomic E-state index is 0.647. The smallest absolute Gasteiger partial charge is 0.0991 e. The van der Waals surface area contributed by atoms with Crippen LogP contribution in [0.3, 0.4) is 0 Å². The molecule has 14 rings (SSSR count). The molecule has 0 aliphatic rings. The Bertz CT molecular complexity index is 4360. The van der Waals surface area contributed by atoms with E-state index in [0.717, 1.165) is 55.9 Å². The molecule has 306 valence electrons. The number of aromatic nitrogens is 3. The first-order chi connectivity index (χ1) is 32.7. The van der Waals surface area contributed by atoms with Crippen molar-refractivity contribution in [2.75, 3.05) is 0 Å². The molecule has 0 fully saturated rings. The Labute approximate surface area is 383 Å². The third-order valence-electron chi connectivity index (χ3n) is 13.6. The predicted octanol–water partition coefficient (Wildman–Crippen LogP) is 16.6. The summed E-state index contributed by atoms with van der Waals surface area (Å²) in [6.45, 7) is 0. The van der Waals surface area contributed by atoms with Crippen LogP contribution in [0.5, 0.6) is 0 Å². The molecule has 10 aromatic carbocycles. The summed E-state index contributed by atoms with van der Waals surface area (Å²) in [6, 6.07) is 81.5. The monoisotopic (exact) mass is 856 g/mol. The van der Waals surface area contributed by atoms with E-state index in [0.29, 0.717) is 5.56 Å². The van der Waals surface area contributed by atoms with Gasteiger partial charge in [0.25, 0.3) is 0 Å². The molecular formula is C61H36N4S. The van der Waals surface area contributed by atoms with Crippen LogP contribution in [0.1, 0.15) is 5.56 Å². The van der Waals surface area contributed by atoms with Crippen molar-refractivity contribution in [1.29, 1.82) is 5.26 Å². The van der Waals surface area contributed by atoms with Crippen molar-refractivity contribution >= 4 is 96.9 Å². The van der Waals surface area contributed by atoms with Gasteiger partial charge in [0, 0.05) is 69.4 Å². The normalized spacial score (nSPS) is 11.9. The summed E-state index contributed by atoms with van der Waals surface area (Å²) in [5, 5.41) is 19.7. The molecule has 5 heteroatoms. The Hall–Kier alpha value is -8.69. The van der Waals surface area contributed by atoms with Crippen LogP contribution in [-0.2, 0) is 0 Å². The third-order valence-corrected chi connectivity index (χ3v) is 14.8. The number of para-hydroxylation sites is 4. The maximum atomic E-state index is 9.80. The second-order valence-electron chi connectivity index (χ2n) is 17.2. The van der Waals surface area contributed by atoms with Crippen molar-refractivity contribution in [1.82, 2.24) is 13.7 Å². The van der Waals surface area contributed by atoms with E-state index in [1.165, 1.54) is 69.0 Å². The molecule has 0 saturated carbocycles. The van der Waals surface area contributed by atoms with Gasteiger partial charge in [-0.25, -0.2) is 0 Å². The van der Waals surface area contributed by atoms with Crippen molar-refractivity contribution < 1.29 is 0 Å². The molecule has 0 radical (unpaired) electrons. The summed E-state index contributed by atoms with van der Waals surface area (Å²) in [7, 11) is 0. The zero-order valence-electron chi connectivity index (χ0n) is 35.5. The Morgan fingerprint density at radius 1 is 0.348 bits per heavy atom. The van der Waals surface area contributed by atoms with Crippen LogP contribution in [0.2, 0.25) is 0 Å². The first-order valence-corrected chi connectivity index (χ1v) is 23.1. The fraction of sp³-hybridized carbons (Fsp3) is 0. The molecule has 0 aliphatic heterocycles. The highest BCUT2D eigenvalue weighted by atomic mass is 32.1. The van der Waals surface area contributed by atoms with Gasteiger partial charge in [-0.05, 0) is 102 Å². The molecule has 0 aliphatic carbocycles. The quantitative estimate of drug-likeness (QED) is 0.170. The largest absolute Gasteiger partial charge is 0.309 e. The van der Waals surface area contributed by atoms with Crippen LogP contribution in [-0.4, -0.2) is 13.7 Å². The summed E-state index contributed by atoms with van der Waals surface area (Å²) in [5.41, 5.74) is 15.3. The molecule has 14 aromatic rings. The van der Waals surface area contributed by atoms with Gasteiger partial charge in [-0.15, -0.1) is 11.3 Å². The van der Waals surface area contributed by atoms with Crippen molar-refractivity contribution in [3.63, 3.8) is 0 Å². The highest BCUT2D eigenvalue weighted by Gasteiger charge is 2.23. The molecule has 4 aromatic heterocycles. The average molecular weight is 857 g/mol. The maximum Gasteiger partial charge on any atom is 0.0991 e. The van der Waals surface area contributed by atoms with Crippen molar-refractivity contribution in [2.24, 2.45) is 0 Å². The minimum Gasteiger partial charge on any atom is -0.309 e. The molecule has 0 amide bonds. The summed E-state index contributed by atoms with van der Waals surface area (Å²) >= 11 is 1.86. The SMILES string of the molecule is N#Cc1cccc(-c2cccc(-c3ccc(-n4c5ccccc5c5c4ccc4c6ccccc6n(-c6ccccc6)c45)cc3-n3c4ccccc4c4cc5c(cc43)sc3ccccc35)c2)c1. The van der Waals surface area contributed by atoms with Gasteiger partial charge in [0.15, 0.2) is 0 Å². The van der Waals surface area contributed by atoms with Gasteiger partial charge in [0.05, 0.1) is 50.4 Å². The highest BCUT2D eigenvalue weighted by molar-refractivity contribution is 7.25. The number of fused-ring (bicyclic) bond motifs is 13. The number of hydrogen-bond acceptors (Lipinski definition) is 2. The third kappa shape index (κ3) is 5.31. The van der Waals surface area contributed by atoms with E-state index < -0.39 is 0 Å². The zero-order valence-corrected chi connectivity index (χ0v) is 36.3. The first-order valence-electron chi connectivity index (χ1n) is 22.3. The summed E-state index contributed by atoms with van der Waals surface area (Å²) in [5.74, 6) is 0. The van der Waals surface area contributed by atoms with Gasteiger partial charge in [0.1, 0.15) is 0 Å². The van der Waals surface area contributed by atoms with Crippen LogP contribution in [0.4, 0.5) is 0 Å². The average Bonchev–Trinajstić information content (AvgIpc) is 4.12. The lowest BCUT2D eigenvalue weighted by Gasteiger charge is -2.18. The van der Waals surface area contributed by atoms with Crippen molar-refractivity contribution in [3.8, 4) is 45.4 Å². The molecule has 0 saturated heterocycles. The number of hydrogen-bond donors (Lipinski definition) is 0. The Kier molecular flexibility index (Phi) is 7.88. The van der Waals surface area contributed by atoms with Gasteiger partial charge in [0.2, 0.25) is 0 Å². The molecule has 0 atom stereocenters. The summed E-state index contributed by atoms with van der Waals surface area (Å²) in [4.78, 5) is 0. The molecule has 66 heavy (non-hydrogen) atoms. The second kappa shape index (κ2) is 14.2. The lowest BCUT2D eigenvalue weighted by molar-refractivity contribution is 1.14. The topological polar surface area (TPSA) is 38.6 Å². The van der Waals surface area contributed by atoms with Gasteiger partial charge in [-0.3, -0.25) is 0 Å². The van der Waals surface area contributed by atoms with E-state index in [4.69, 9.17) is 0 Å². The molecular weight excluding hydrogens is 821 g/mol. The summed E-state index contributed by atoms with van der Waals surface area (Å²) in [6.07, 6.45) is 0. The minimum absolute atomic E-state index is 0.647. The van der Waals surface area contributed by atoms with Crippen LogP contribution < -0.4 is 0 Å². The highest BCUT2D eigenvalue weighted by Crippen LogP contribution is 2.45. The molecule has 0 spiro atoms. The van der Waals surface area contributed by atoms with E-state index in [2.05, 4.69) is 220 Å². The predicted molar refractivity (Wildman–Crippen MR) is 278 cm³/mol. The fourth-order valence-corrected chi connectivity index (χ4v) is 11.9. The number of benzene rings is 10. The Morgan fingerprint density at radius 2 is 1.00 bits per heavy atom.